The fourth-order valence-corrected chi connectivity index (χ4v) is 0.327. The SMILES string of the molecule is OC(F)(F)C(F)(F)C(F)(F)C#CF. The standard InChI is InChI=1S/C5HF7O/c6-2-1-3(7,8)4(9,10)5(11,12)13/h13H. The molecule has 0 saturated carbocycles. The minimum absolute atomic E-state index is 0.0713. The van der Waals surface area contributed by atoms with E-state index >= 15 is 0 Å². The van der Waals surface area contributed by atoms with E-state index in [1.54, 1.807) is 0 Å². The summed E-state index contributed by atoms with van der Waals surface area (Å²) in [4.78, 5) is 0. The molecule has 0 spiro atoms. The van der Waals surface area contributed by atoms with Gasteiger partial charge in [-0.1, -0.05) is 0 Å². The van der Waals surface area contributed by atoms with Crippen molar-refractivity contribution in [3.63, 3.8) is 0 Å². The molecule has 0 aliphatic heterocycles. The fraction of sp³-hybridized carbons (Fsp3) is 0.600. The Bertz CT molecular complexity index is 242. The number of aliphatic hydroxyl groups is 1. The van der Waals surface area contributed by atoms with Crippen LogP contribution in [0.2, 0.25) is 0 Å². The Morgan fingerprint density at radius 3 is 1.54 bits per heavy atom. The summed E-state index contributed by atoms with van der Waals surface area (Å²) in [7, 11) is 0. The summed E-state index contributed by atoms with van der Waals surface area (Å²) in [6.45, 7) is 0. The molecular formula is C5HF7O. The van der Waals surface area contributed by atoms with Crippen LogP contribution in [0.5, 0.6) is 0 Å². The van der Waals surface area contributed by atoms with Gasteiger partial charge in [-0.3, -0.25) is 0 Å². The van der Waals surface area contributed by atoms with E-state index in [4.69, 9.17) is 5.11 Å². The van der Waals surface area contributed by atoms with Gasteiger partial charge in [-0.15, -0.1) is 4.39 Å². The molecule has 0 saturated heterocycles. The van der Waals surface area contributed by atoms with E-state index in [0.717, 1.165) is 0 Å². The van der Waals surface area contributed by atoms with Gasteiger partial charge in [-0.2, -0.15) is 26.3 Å². The first-order valence-corrected chi connectivity index (χ1v) is 2.55. The molecule has 0 bridgehead atoms. The lowest BCUT2D eigenvalue weighted by Crippen LogP contribution is -2.53. The lowest BCUT2D eigenvalue weighted by molar-refractivity contribution is -0.371. The van der Waals surface area contributed by atoms with Crippen LogP contribution in [-0.4, -0.2) is 23.1 Å². The van der Waals surface area contributed by atoms with Crippen LogP contribution < -0.4 is 0 Å². The Balaban J connectivity index is 5.11. The molecule has 0 atom stereocenters. The van der Waals surface area contributed by atoms with Crippen LogP contribution in [0.1, 0.15) is 0 Å². The highest BCUT2D eigenvalue weighted by molar-refractivity contribution is 5.13. The molecule has 0 aliphatic carbocycles. The number of hydrogen-bond donors (Lipinski definition) is 1. The molecule has 0 rings (SSSR count). The molecule has 0 fully saturated rings. The Morgan fingerprint density at radius 1 is 0.923 bits per heavy atom. The summed E-state index contributed by atoms with van der Waals surface area (Å²) in [5, 5.41) is 7.35. The van der Waals surface area contributed by atoms with Crippen LogP contribution in [0.3, 0.4) is 0 Å². The Hall–Kier alpha value is -0.970. The third kappa shape index (κ3) is 2.03. The fourth-order valence-electron chi connectivity index (χ4n) is 0.327. The minimum atomic E-state index is -6.14. The maximum absolute atomic E-state index is 11.9. The average Bonchev–Trinajstić information content (AvgIpc) is 1.84. The second-order valence-corrected chi connectivity index (χ2v) is 1.91. The van der Waals surface area contributed by atoms with Crippen molar-refractivity contribution >= 4 is 0 Å². The van der Waals surface area contributed by atoms with E-state index < -0.39 is 18.0 Å². The van der Waals surface area contributed by atoms with Crippen LogP contribution in [0.25, 0.3) is 0 Å². The molecule has 0 aromatic carbocycles. The molecule has 1 N–H and O–H groups in total. The second-order valence-electron chi connectivity index (χ2n) is 1.91. The van der Waals surface area contributed by atoms with Crippen LogP contribution in [-0.2, 0) is 0 Å². The maximum Gasteiger partial charge on any atom is 0.424 e. The summed E-state index contributed by atoms with van der Waals surface area (Å²) in [5.74, 6) is -11.9. The van der Waals surface area contributed by atoms with Crippen molar-refractivity contribution < 1.29 is 35.8 Å². The number of hydrogen-bond acceptors (Lipinski definition) is 1. The van der Waals surface area contributed by atoms with E-state index in [9.17, 15) is 30.7 Å². The van der Waals surface area contributed by atoms with Gasteiger partial charge < -0.3 is 5.11 Å². The summed E-state index contributed by atoms with van der Waals surface area (Å²) in [5.41, 5.74) is 0. The summed E-state index contributed by atoms with van der Waals surface area (Å²) < 4.78 is 81.4. The third-order valence-corrected chi connectivity index (χ3v) is 0.976. The normalized spacial score (nSPS) is 13.5. The molecule has 0 radical (unpaired) electrons. The van der Waals surface area contributed by atoms with Gasteiger partial charge >= 0.3 is 18.0 Å². The van der Waals surface area contributed by atoms with Crippen LogP contribution in [0.4, 0.5) is 30.7 Å². The molecular weight excluding hydrogens is 209 g/mol. The first-order valence-electron chi connectivity index (χ1n) is 2.55. The van der Waals surface area contributed by atoms with E-state index in [1.807, 2.05) is 0 Å². The zero-order valence-electron chi connectivity index (χ0n) is 5.59. The van der Waals surface area contributed by atoms with Crippen LogP contribution >= 0.6 is 0 Å². The van der Waals surface area contributed by atoms with Gasteiger partial charge in [0.25, 0.3) is 0 Å². The van der Waals surface area contributed by atoms with Crippen molar-refractivity contribution in [2.75, 3.05) is 0 Å². The molecule has 13 heavy (non-hydrogen) atoms. The van der Waals surface area contributed by atoms with Crippen LogP contribution in [0, 0.1) is 12.1 Å². The monoisotopic (exact) mass is 210 g/mol. The van der Waals surface area contributed by atoms with Gasteiger partial charge in [0.2, 0.25) is 0 Å². The molecule has 0 aromatic rings. The third-order valence-electron chi connectivity index (χ3n) is 0.976. The molecule has 0 unspecified atom stereocenters. The number of rotatable bonds is 2. The first-order chi connectivity index (χ1) is 5.56. The Morgan fingerprint density at radius 2 is 1.31 bits per heavy atom. The van der Waals surface area contributed by atoms with Crippen molar-refractivity contribution in [2.24, 2.45) is 0 Å². The van der Waals surface area contributed by atoms with Gasteiger partial charge in [0.05, 0.1) is 0 Å². The summed E-state index contributed by atoms with van der Waals surface area (Å²) >= 11 is 0. The first kappa shape index (κ1) is 12.0. The predicted molar refractivity (Wildman–Crippen MR) is 25.9 cm³/mol. The molecule has 0 aromatic heterocycles. The molecule has 0 heterocycles. The molecule has 1 nitrogen and oxygen atoms in total. The van der Waals surface area contributed by atoms with Crippen molar-refractivity contribution in [1.82, 2.24) is 0 Å². The largest absolute Gasteiger partial charge is 0.424 e. The van der Waals surface area contributed by atoms with E-state index in [1.165, 1.54) is 0 Å². The van der Waals surface area contributed by atoms with Gasteiger partial charge in [-0.05, 0) is 0 Å². The number of alkyl halides is 6. The Labute approximate surface area is 67.2 Å². The Kier molecular flexibility index (Phi) is 2.84. The highest BCUT2D eigenvalue weighted by atomic mass is 19.3. The molecule has 8 heteroatoms. The lowest BCUT2D eigenvalue weighted by atomic mass is 10.1. The quantitative estimate of drug-likeness (QED) is 0.544. The minimum Gasteiger partial charge on any atom is -0.331 e. The zero-order chi connectivity index (χ0) is 10.9. The highest BCUT2D eigenvalue weighted by Gasteiger charge is 2.71. The van der Waals surface area contributed by atoms with Crippen molar-refractivity contribution in [3.8, 4) is 12.1 Å². The zero-order valence-corrected chi connectivity index (χ0v) is 5.59. The lowest BCUT2D eigenvalue weighted by Gasteiger charge is -2.25. The van der Waals surface area contributed by atoms with Gasteiger partial charge in [-0.25, -0.2) is 0 Å². The molecule has 0 aliphatic rings. The van der Waals surface area contributed by atoms with Crippen molar-refractivity contribution in [3.05, 3.63) is 0 Å². The highest BCUT2D eigenvalue weighted by Crippen LogP contribution is 2.43. The topological polar surface area (TPSA) is 20.2 Å². The molecule has 0 amide bonds. The van der Waals surface area contributed by atoms with E-state index in [0.29, 0.717) is 0 Å². The van der Waals surface area contributed by atoms with Crippen molar-refractivity contribution in [1.29, 1.82) is 0 Å². The molecule has 76 valence electrons. The van der Waals surface area contributed by atoms with E-state index in [-0.39, 0.29) is 12.1 Å². The van der Waals surface area contributed by atoms with Crippen LogP contribution in [0.15, 0.2) is 0 Å². The van der Waals surface area contributed by atoms with Gasteiger partial charge in [0, 0.05) is 5.92 Å². The predicted octanol–water partition coefficient (Wildman–Crippen LogP) is 1.77. The number of halogens is 7. The second kappa shape index (κ2) is 3.06. The van der Waals surface area contributed by atoms with E-state index in [2.05, 4.69) is 0 Å². The van der Waals surface area contributed by atoms with Gasteiger partial charge in [0.15, 0.2) is 0 Å². The summed E-state index contributed by atoms with van der Waals surface area (Å²) in [6.07, 6.45) is -6.11. The summed E-state index contributed by atoms with van der Waals surface area (Å²) in [6, 6.07) is 0. The van der Waals surface area contributed by atoms with Gasteiger partial charge in [0.1, 0.15) is 6.17 Å². The average molecular weight is 210 g/mol. The maximum atomic E-state index is 11.9. The van der Waals surface area contributed by atoms with Crippen molar-refractivity contribution in [2.45, 2.75) is 18.0 Å². The smallest absolute Gasteiger partial charge is 0.331 e.